The minimum absolute atomic E-state index is 0.202. The third-order valence-electron chi connectivity index (χ3n) is 4.92. The van der Waals surface area contributed by atoms with Crippen LogP contribution in [0.15, 0.2) is 66.7 Å². The van der Waals surface area contributed by atoms with Crippen LogP contribution in [0.4, 0.5) is 5.69 Å². The molecule has 0 radical (unpaired) electrons. The fourth-order valence-electron chi connectivity index (χ4n) is 3.42. The van der Waals surface area contributed by atoms with Gasteiger partial charge in [-0.05, 0) is 54.6 Å². The van der Waals surface area contributed by atoms with Gasteiger partial charge in [-0.1, -0.05) is 24.0 Å². The Kier molecular flexibility index (Phi) is 3.83. The van der Waals surface area contributed by atoms with Crippen LogP contribution in [0, 0.1) is 11.8 Å². The molecule has 0 N–H and O–H groups in total. The van der Waals surface area contributed by atoms with E-state index in [4.69, 9.17) is 0 Å². The van der Waals surface area contributed by atoms with E-state index >= 15 is 0 Å². The number of fused-ring (bicyclic) bond motifs is 2. The first-order chi connectivity index (χ1) is 14.5. The summed E-state index contributed by atoms with van der Waals surface area (Å²) in [4.78, 5) is 49.4. The highest BCUT2D eigenvalue weighted by Crippen LogP contribution is 2.28. The van der Waals surface area contributed by atoms with E-state index in [0.29, 0.717) is 27.9 Å². The van der Waals surface area contributed by atoms with Crippen LogP contribution in [0.2, 0.25) is 0 Å². The molecule has 0 atom stereocenters. The summed E-state index contributed by atoms with van der Waals surface area (Å²) in [6.45, 7) is 0. The number of hydrogen-bond acceptors (Lipinski definition) is 5. The Bertz CT molecular complexity index is 1310. The summed E-state index contributed by atoms with van der Waals surface area (Å²) in [6.07, 6.45) is 0. The van der Waals surface area contributed by atoms with Gasteiger partial charge in [0.05, 0.1) is 27.9 Å². The van der Waals surface area contributed by atoms with Gasteiger partial charge in [0.25, 0.3) is 11.8 Å². The van der Waals surface area contributed by atoms with Crippen LogP contribution < -0.4 is 4.90 Å². The number of hydrogen-bond donors (Lipinski definition) is 0. The number of esters is 2. The van der Waals surface area contributed by atoms with Gasteiger partial charge in [0, 0.05) is 11.1 Å². The molecule has 0 fully saturated rings. The number of carbonyl (C=O) groups excluding carboxylic acids is 4. The van der Waals surface area contributed by atoms with E-state index in [9.17, 15) is 19.2 Å². The lowest BCUT2D eigenvalue weighted by molar-refractivity contribution is 0.0443. The first-order valence-electron chi connectivity index (χ1n) is 9.03. The maximum Gasteiger partial charge on any atom is 0.346 e. The average molecular weight is 393 g/mol. The van der Waals surface area contributed by atoms with Gasteiger partial charge in [-0.3, -0.25) is 9.59 Å². The molecule has 0 bridgehead atoms. The summed E-state index contributed by atoms with van der Waals surface area (Å²) in [7, 11) is 0. The van der Waals surface area contributed by atoms with Crippen molar-refractivity contribution in [2.75, 3.05) is 4.90 Å². The lowest BCUT2D eigenvalue weighted by atomic mass is 10.1. The van der Waals surface area contributed by atoms with Gasteiger partial charge in [0.2, 0.25) is 0 Å². The molecule has 2 heterocycles. The molecule has 2 aliphatic rings. The molecule has 0 saturated carbocycles. The molecular weight excluding hydrogens is 382 g/mol. The smallest absolute Gasteiger partial charge is 0.346 e. The summed E-state index contributed by atoms with van der Waals surface area (Å²) >= 11 is 0. The van der Waals surface area contributed by atoms with Gasteiger partial charge in [0.1, 0.15) is 0 Å². The van der Waals surface area contributed by atoms with Crippen molar-refractivity contribution in [2.45, 2.75) is 0 Å². The molecule has 0 saturated heterocycles. The molecule has 142 valence electrons. The molecule has 3 aromatic rings. The first kappa shape index (κ1) is 17.6. The molecule has 0 aliphatic carbocycles. The summed E-state index contributed by atoms with van der Waals surface area (Å²) < 4.78 is 4.57. The monoisotopic (exact) mass is 393 g/mol. The Hall–Kier alpha value is -4.50. The molecule has 6 heteroatoms. The zero-order chi connectivity index (χ0) is 20.8. The van der Waals surface area contributed by atoms with E-state index in [2.05, 4.69) is 16.6 Å². The summed E-state index contributed by atoms with van der Waals surface area (Å²) in [6, 6.07) is 18.1. The summed E-state index contributed by atoms with van der Waals surface area (Å²) in [5, 5.41) is 0. The van der Waals surface area contributed by atoms with Crippen LogP contribution >= 0.6 is 0 Å². The second-order valence-electron chi connectivity index (χ2n) is 6.73. The molecule has 3 aromatic carbocycles. The van der Waals surface area contributed by atoms with E-state index in [1.54, 1.807) is 54.6 Å². The van der Waals surface area contributed by atoms with Crippen LogP contribution in [-0.2, 0) is 4.74 Å². The zero-order valence-corrected chi connectivity index (χ0v) is 15.3. The average Bonchev–Trinajstić information content (AvgIpc) is 3.19. The lowest BCUT2D eigenvalue weighted by Gasteiger charge is -2.13. The van der Waals surface area contributed by atoms with E-state index in [0.717, 1.165) is 4.90 Å². The Balaban J connectivity index is 1.40. The molecule has 0 spiro atoms. The van der Waals surface area contributed by atoms with Crippen LogP contribution in [0.25, 0.3) is 0 Å². The predicted molar refractivity (Wildman–Crippen MR) is 106 cm³/mol. The highest BCUT2D eigenvalue weighted by molar-refractivity contribution is 6.34. The zero-order valence-electron chi connectivity index (χ0n) is 15.3. The molecular formula is C24H11NO5. The predicted octanol–water partition coefficient (Wildman–Crippen LogP) is 3.20. The largest absolute Gasteiger partial charge is 0.386 e. The van der Waals surface area contributed by atoms with Gasteiger partial charge >= 0.3 is 11.9 Å². The highest BCUT2D eigenvalue weighted by atomic mass is 16.6. The van der Waals surface area contributed by atoms with Crippen molar-refractivity contribution in [1.82, 2.24) is 0 Å². The lowest BCUT2D eigenvalue weighted by Crippen LogP contribution is -2.29. The SMILES string of the molecule is O=C1OC(=O)c2cc(C#Cc3ccc(N4C(=O)c5ccccc5C4=O)cc3)ccc21. The van der Waals surface area contributed by atoms with E-state index in [1.165, 1.54) is 12.1 Å². The van der Waals surface area contributed by atoms with E-state index < -0.39 is 11.9 Å². The number of carbonyl (C=O) groups is 4. The van der Waals surface area contributed by atoms with Crippen molar-refractivity contribution in [3.8, 4) is 11.8 Å². The van der Waals surface area contributed by atoms with Crippen molar-refractivity contribution in [2.24, 2.45) is 0 Å². The fourth-order valence-corrected chi connectivity index (χ4v) is 3.42. The number of cyclic esters (lactones) is 2. The molecule has 0 aromatic heterocycles. The van der Waals surface area contributed by atoms with Crippen LogP contribution in [0.5, 0.6) is 0 Å². The highest BCUT2D eigenvalue weighted by Gasteiger charge is 2.36. The van der Waals surface area contributed by atoms with Crippen molar-refractivity contribution < 1.29 is 23.9 Å². The molecule has 30 heavy (non-hydrogen) atoms. The van der Waals surface area contributed by atoms with E-state index in [-0.39, 0.29) is 22.9 Å². The molecule has 6 nitrogen and oxygen atoms in total. The normalized spacial score (nSPS) is 14.2. The second-order valence-corrected chi connectivity index (χ2v) is 6.73. The minimum atomic E-state index is -0.677. The number of benzene rings is 3. The van der Waals surface area contributed by atoms with Crippen molar-refractivity contribution in [1.29, 1.82) is 0 Å². The van der Waals surface area contributed by atoms with Gasteiger partial charge < -0.3 is 4.74 Å². The third-order valence-corrected chi connectivity index (χ3v) is 4.92. The topological polar surface area (TPSA) is 80.8 Å². The number of amides is 2. The minimum Gasteiger partial charge on any atom is -0.386 e. The van der Waals surface area contributed by atoms with Crippen molar-refractivity contribution >= 4 is 29.4 Å². The van der Waals surface area contributed by atoms with Crippen LogP contribution in [-0.4, -0.2) is 23.8 Å². The Labute approximate surface area is 170 Å². The Morgan fingerprint density at radius 1 is 0.600 bits per heavy atom. The number of ether oxygens (including phenoxy) is 1. The third kappa shape index (κ3) is 2.69. The maximum atomic E-state index is 12.6. The Morgan fingerprint density at radius 3 is 1.83 bits per heavy atom. The van der Waals surface area contributed by atoms with Gasteiger partial charge in [-0.25, -0.2) is 14.5 Å². The standard InChI is InChI=1S/C24H11NO5/c26-21-17-3-1-2-4-18(17)22(27)25(21)16-10-7-14(8-11-16)5-6-15-9-12-19-20(13-15)24(29)30-23(19)28/h1-4,7-13H. The van der Waals surface area contributed by atoms with Crippen molar-refractivity contribution in [3.05, 3.63) is 100 Å². The van der Waals surface area contributed by atoms with Gasteiger partial charge in [0.15, 0.2) is 0 Å². The summed E-state index contributed by atoms with van der Waals surface area (Å²) in [5.74, 6) is 3.85. The van der Waals surface area contributed by atoms with Crippen LogP contribution in [0.3, 0.4) is 0 Å². The molecule has 5 rings (SSSR count). The van der Waals surface area contributed by atoms with Gasteiger partial charge in [-0.2, -0.15) is 0 Å². The number of rotatable bonds is 1. The number of anilines is 1. The molecule has 2 aliphatic heterocycles. The van der Waals surface area contributed by atoms with E-state index in [1.807, 2.05) is 0 Å². The maximum absolute atomic E-state index is 12.6. The van der Waals surface area contributed by atoms with Crippen molar-refractivity contribution in [3.63, 3.8) is 0 Å². The number of imide groups is 1. The fraction of sp³-hybridized carbons (Fsp3) is 0. The molecule has 0 unspecified atom stereocenters. The second kappa shape index (κ2) is 6.54. The molecule has 2 amide bonds. The van der Waals surface area contributed by atoms with Crippen LogP contribution in [0.1, 0.15) is 52.6 Å². The Morgan fingerprint density at radius 2 is 1.17 bits per heavy atom. The first-order valence-corrected chi connectivity index (χ1v) is 9.03. The summed E-state index contributed by atoms with van der Waals surface area (Å²) in [5.41, 5.74) is 2.90. The quantitative estimate of drug-likeness (QED) is 0.275. The van der Waals surface area contributed by atoms with Gasteiger partial charge in [-0.15, -0.1) is 0 Å². The number of nitrogens with zero attached hydrogens (tertiary/aromatic N) is 1.